The maximum Gasteiger partial charge on any atom is 0.338 e. The van der Waals surface area contributed by atoms with Crippen LogP contribution in [0.4, 0.5) is 0 Å². The van der Waals surface area contributed by atoms with E-state index in [0.717, 1.165) is 4.88 Å². The predicted molar refractivity (Wildman–Crippen MR) is 91.6 cm³/mol. The number of hydrogen-bond acceptors (Lipinski definition) is 7. The van der Waals surface area contributed by atoms with Crippen molar-refractivity contribution in [2.24, 2.45) is 0 Å². The van der Waals surface area contributed by atoms with Crippen molar-refractivity contribution in [1.82, 2.24) is 9.71 Å². The van der Waals surface area contributed by atoms with Crippen LogP contribution < -0.4 is 4.72 Å². The molecule has 3 rings (SSSR count). The second kappa shape index (κ2) is 7.18. The molecule has 2 heterocycles. The second-order valence-electron chi connectivity index (χ2n) is 4.93. The van der Waals surface area contributed by atoms with E-state index in [0.29, 0.717) is 11.6 Å². The number of nitrogens with zero attached hydrogens (tertiary/aromatic N) is 1. The van der Waals surface area contributed by atoms with Crippen LogP contribution in [-0.4, -0.2) is 26.4 Å². The molecule has 25 heavy (non-hydrogen) atoms. The number of carbonyl (C=O) groups is 1. The number of benzene rings is 1. The third kappa shape index (κ3) is 3.95. The first kappa shape index (κ1) is 17.3. The summed E-state index contributed by atoms with van der Waals surface area (Å²) in [5.74, 6) is -0.183. The Morgan fingerprint density at radius 1 is 1.32 bits per heavy atom. The molecule has 0 aliphatic carbocycles. The topological polar surface area (TPSA) is 98.5 Å². The van der Waals surface area contributed by atoms with E-state index >= 15 is 0 Å². The maximum absolute atomic E-state index is 12.1. The summed E-state index contributed by atoms with van der Waals surface area (Å²) in [6, 6.07) is 9.38. The van der Waals surface area contributed by atoms with Crippen molar-refractivity contribution in [3.8, 4) is 10.8 Å². The van der Waals surface area contributed by atoms with Crippen LogP contribution in [-0.2, 0) is 21.4 Å². The summed E-state index contributed by atoms with van der Waals surface area (Å²) in [5, 5.41) is 1.91. The van der Waals surface area contributed by atoms with Gasteiger partial charge in [0, 0.05) is 0 Å². The van der Waals surface area contributed by atoms with Gasteiger partial charge in [-0.2, -0.15) is 0 Å². The molecule has 0 saturated heterocycles. The van der Waals surface area contributed by atoms with Gasteiger partial charge in [0.25, 0.3) is 0 Å². The smallest absolute Gasteiger partial charge is 0.338 e. The molecule has 0 radical (unpaired) electrons. The molecular weight excluding hydrogens is 364 g/mol. The molecule has 0 bridgehead atoms. The Labute approximate surface area is 148 Å². The van der Waals surface area contributed by atoms with Crippen LogP contribution in [0.25, 0.3) is 10.8 Å². The fourth-order valence-corrected chi connectivity index (χ4v) is 3.45. The molecule has 0 atom stereocenters. The number of rotatable bonds is 6. The van der Waals surface area contributed by atoms with Crippen LogP contribution in [0.3, 0.4) is 0 Å². The highest BCUT2D eigenvalue weighted by Gasteiger charge is 2.16. The molecule has 1 N–H and O–H groups in total. The third-order valence-corrected chi connectivity index (χ3v) is 5.55. The molecule has 3 aromatic rings. The monoisotopic (exact) mass is 378 g/mol. The number of ether oxygens (including phenoxy) is 1. The lowest BCUT2D eigenvalue weighted by molar-refractivity contribution is 0.0467. The van der Waals surface area contributed by atoms with E-state index in [1.807, 2.05) is 17.5 Å². The van der Waals surface area contributed by atoms with Crippen molar-refractivity contribution in [2.45, 2.75) is 11.5 Å². The van der Waals surface area contributed by atoms with Crippen molar-refractivity contribution >= 4 is 27.3 Å². The predicted octanol–water partition coefficient (Wildman–Crippen LogP) is 2.67. The second-order valence-corrected chi connectivity index (χ2v) is 7.77. The van der Waals surface area contributed by atoms with Crippen molar-refractivity contribution in [3.63, 3.8) is 0 Å². The van der Waals surface area contributed by atoms with Gasteiger partial charge in [-0.25, -0.2) is 22.9 Å². The Bertz CT molecular complexity index is 978. The molecule has 0 amide bonds. The molecule has 130 valence electrons. The molecular formula is C16H14N2O5S2. The minimum absolute atomic E-state index is 0.00846. The number of thiophene rings is 1. The van der Waals surface area contributed by atoms with Crippen molar-refractivity contribution < 1.29 is 22.4 Å². The SMILES string of the molecule is CNS(=O)(=O)c1cccc(C(=O)OCc2coc(-c3cccs3)n2)c1. The Morgan fingerprint density at radius 3 is 2.88 bits per heavy atom. The first-order valence-electron chi connectivity index (χ1n) is 7.18. The van der Waals surface area contributed by atoms with E-state index in [1.165, 1.54) is 48.9 Å². The fraction of sp³-hybridized carbons (Fsp3) is 0.125. The van der Waals surface area contributed by atoms with Crippen molar-refractivity contribution in [1.29, 1.82) is 0 Å². The standard InChI is InChI=1S/C16H14N2O5S2/c1-17-25(20,21)13-5-2-4-11(8-13)16(19)23-10-12-9-22-15(18-12)14-6-3-7-24-14/h2-9,17H,10H2,1H3. The highest BCUT2D eigenvalue weighted by Crippen LogP contribution is 2.24. The number of oxazole rings is 1. The lowest BCUT2D eigenvalue weighted by Crippen LogP contribution is -2.19. The van der Waals surface area contributed by atoms with E-state index in [4.69, 9.17) is 9.15 Å². The van der Waals surface area contributed by atoms with Gasteiger partial charge in [-0.1, -0.05) is 12.1 Å². The van der Waals surface area contributed by atoms with Crippen LogP contribution in [0.5, 0.6) is 0 Å². The molecule has 7 nitrogen and oxygen atoms in total. The summed E-state index contributed by atoms with van der Waals surface area (Å²) < 4.78 is 36.3. The van der Waals surface area contributed by atoms with Gasteiger partial charge in [0.15, 0.2) is 0 Å². The fourth-order valence-electron chi connectivity index (χ4n) is 2.02. The summed E-state index contributed by atoms with van der Waals surface area (Å²) in [6.07, 6.45) is 1.42. The zero-order valence-electron chi connectivity index (χ0n) is 13.1. The number of aromatic nitrogens is 1. The number of nitrogens with one attached hydrogen (secondary N) is 1. The Morgan fingerprint density at radius 2 is 2.16 bits per heavy atom. The first-order chi connectivity index (χ1) is 12.0. The van der Waals surface area contributed by atoms with Crippen LogP contribution >= 0.6 is 11.3 Å². The first-order valence-corrected chi connectivity index (χ1v) is 9.55. The average molecular weight is 378 g/mol. The molecule has 0 aliphatic heterocycles. The lowest BCUT2D eigenvalue weighted by Gasteiger charge is -2.05. The zero-order chi connectivity index (χ0) is 17.9. The van der Waals surface area contributed by atoms with Crippen LogP contribution in [0, 0.1) is 0 Å². The van der Waals surface area contributed by atoms with Crippen LogP contribution in [0.1, 0.15) is 16.1 Å². The Kier molecular flexibility index (Phi) is 4.98. The minimum Gasteiger partial charge on any atom is -0.455 e. The van der Waals surface area contributed by atoms with Gasteiger partial charge in [-0.15, -0.1) is 11.3 Å². The molecule has 0 saturated carbocycles. The third-order valence-electron chi connectivity index (χ3n) is 3.28. The summed E-state index contributed by atoms with van der Waals surface area (Å²) >= 11 is 1.49. The van der Waals surface area contributed by atoms with Crippen LogP contribution in [0.15, 0.2) is 57.4 Å². The van der Waals surface area contributed by atoms with Gasteiger partial charge >= 0.3 is 5.97 Å². The van der Waals surface area contributed by atoms with Crippen molar-refractivity contribution in [3.05, 3.63) is 59.3 Å². The highest BCUT2D eigenvalue weighted by atomic mass is 32.2. The molecule has 9 heteroatoms. The molecule has 0 spiro atoms. The number of carbonyl (C=O) groups excluding carboxylic acids is 1. The largest absolute Gasteiger partial charge is 0.455 e. The normalized spacial score (nSPS) is 11.4. The molecule has 2 aromatic heterocycles. The van der Waals surface area contributed by atoms with E-state index in [-0.39, 0.29) is 17.1 Å². The van der Waals surface area contributed by atoms with E-state index in [9.17, 15) is 13.2 Å². The lowest BCUT2D eigenvalue weighted by atomic mass is 10.2. The van der Waals surface area contributed by atoms with Crippen molar-refractivity contribution in [2.75, 3.05) is 7.05 Å². The molecule has 1 aromatic carbocycles. The summed E-state index contributed by atoms with van der Waals surface area (Å²) in [4.78, 5) is 17.2. The summed E-state index contributed by atoms with van der Waals surface area (Å²) in [7, 11) is -2.33. The Balaban J connectivity index is 1.68. The van der Waals surface area contributed by atoms with Gasteiger partial charge in [-0.05, 0) is 36.7 Å². The minimum atomic E-state index is -3.63. The van der Waals surface area contributed by atoms with Gasteiger partial charge in [0.1, 0.15) is 18.6 Å². The molecule has 0 unspecified atom stereocenters. The van der Waals surface area contributed by atoms with Gasteiger partial charge in [0.2, 0.25) is 15.9 Å². The van der Waals surface area contributed by atoms with Crippen LogP contribution in [0.2, 0.25) is 0 Å². The number of sulfonamides is 1. The van der Waals surface area contributed by atoms with E-state index in [2.05, 4.69) is 9.71 Å². The van der Waals surface area contributed by atoms with Gasteiger partial charge in [0.05, 0.1) is 15.3 Å². The molecule has 0 fully saturated rings. The summed E-state index contributed by atoms with van der Waals surface area (Å²) in [5.41, 5.74) is 0.606. The maximum atomic E-state index is 12.1. The number of esters is 1. The molecule has 0 aliphatic rings. The van der Waals surface area contributed by atoms with E-state index in [1.54, 1.807) is 0 Å². The van der Waals surface area contributed by atoms with E-state index < -0.39 is 16.0 Å². The highest BCUT2D eigenvalue weighted by molar-refractivity contribution is 7.89. The van der Waals surface area contributed by atoms with Gasteiger partial charge in [-0.3, -0.25) is 0 Å². The zero-order valence-corrected chi connectivity index (χ0v) is 14.8. The number of hydrogen-bond donors (Lipinski definition) is 1. The quantitative estimate of drug-likeness (QED) is 0.662. The average Bonchev–Trinajstić information content (AvgIpc) is 3.31. The summed E-state index contributed by atoms with van der Waals surface area (Å²) in [6.45, 7) is -0.0727. The van der Waals surface area contributed by atoms with Gasteiger partial charge < -0.3 is 9.15 Å². The Hall–Kier alpha value is -2.49.